The molecule has 0 bridgehead atoms. The van der Waals surface area contributed by atoms with Crippen LogP contribution in [-0.4, -0.2) is 37.7 Å². The molecule has 1 aliphatic rings. The smallest absolute Gasteiger partial charge is 0.269 e. The van der Waals surface area contributed by atoms with Gasteiger partial charge in [-0.15, -0.1) is 0 Å². The molecule has 2 aromatic heterocycles. The summed E-state index contributed by atoms with van der Waals surface area (Å²) in [5.41, 5.74) is 3.22. The number of hydrogen-bond donors (Lipinski definition) is 1. The molecule has 0 radical (unpaired) electrons. The molecule has 1 N–H and O–H groups in total. The minimum atomic E-state index is -0.0627. The normalized spacial score (nSPS) is 16.9. The Hall–Kier alpha value is -2.86. The molecular formula is C21H25N5O. The van der Waals surface area contributed by atoms with Gasteiger partial charge in [0.25, 0.3) is 5.91 Å². The second-order valence-electron chi connectivity index (χ2n) is 6.94. The quantitative estimate of drug-likeness (QED) is 0.732. The molecule has 3 aromatic rings. The van der Waals surface area contributed by atoms with Crippen molar-refractivity contribution in [2.75, 3.05) is 6.54 Å². The molecule has 4 rings (SSSR count). The van der Waals surface area contributed by atoms with Gasteiger partial charge in [0.1, 0.15) is 5.69 Å². The fourth-order valence-electron chi connectivity index (χ4n) is 3.73. The van der Waals surface area contributed by atoms with Gasteiger partial charge < -0.3 is 9.88 Å². The molecule has 1 aromatic carbocycles. The fraction of sp³-hybridized carbons (Fsp3) is 0.333. The van der Waals surface area contributed by atoms with Crippen LogP contribution >= 0.6 is 0 Å². The van der Waals surface area contributed by atoms with E-state index in [1.807, 2.05) is 13.0 Å². The molecule has 0 saturated carbocycles. The van der Waals surface area contributed by atoms with Gasteiger partial charge in [0.05, 0.1) is 0 Å². The lowest BCUT2D eigenvalue weighted by atomic mass is 10.1. The van der Waals surface area contributed by atoms with E-state index in [4.69, 9.17) is 0 Å². The average molecular weight is 363 g/mol. The van der Waals surface area contributed by atoms with Crippen LogP contribution in [0.2, 0.25) is 0 Å². The lowest BCUT2D eigenvalue weighted by Crippen LogP contribution is -2.48. The van der Waals surface area contributed by atoms with E-state index < -0.39 is 0 Å². The van der Waals surface area contributed by atoms with Crippen LogP contribution < -0.4 is 5.32 Å². The van der Waals surface area contributed by atoms with Crippen molar-refractivity contribution in [1.29, 1.82) is 0 Å². The van der Waals surface area contributed by atoms with Gasteiger partial charge >= 0.3 is 0 Å². The molecule has 0 fully saturated rings. The summed E-state index contributed by atoms with van der Waals surface area (Å²) in [4.78, 5) is 15.0. The maximum Gasteiger partial charge on any atom is 0.269 e. The van der Waals surface area contributed by atoms with Crippen LogP contribution in [0.1, 0.15) is 28.7 Å². The van der Waals surface area contributed by atoms with Crippen LogP contribution in [0, 0.1) is 0 Å². The number of carbonyl (C=O) groups excluding carboxylic acids is 1. The molecule has 1 aliphatic heterocycles. The Bertz CT molecular complexity index is 898. The highest BCUT2D eigenvalue weighted by Crippen LogP contribution is 2.20. The number of amides is 1. The first-order valence-electron chi connectivity index (χ1n) is 9.46. The average Bonchev–Trinajstić information content (AvgIpc) is 3.35. The van der Waals surface area contributed by atoms with E-state index in [0.717, 1.165) is 19.6 Å². The van der Waals surface area contributed by atoms with E-state index in [1.165, 1.54) is 11.3 Å². The first-order chi connectivity index (χ1) is 13.2. The number of aromatic nitrogens is 3. The van der Waals surface area contributed by atoms with E-state index >= 15 is 0 Å². The summed E-state index contributed by atoms with van der Waals surface area (Å²) in [5.74, 6) is -0.0627. The number of rotatable bonds is 6. The van der Waals surface area contributed by atoms with Gasteiger partial charge in [-0.25, -0.2) is 0 Å². The standard InChI is InChI=1S/C21H25N5O/c1-2-26-20(10-11-23-26)21(27)22-13-19-16-24-12-6-9-18(24)15-25(19)14-17-7-4-3-5-8-17/h3-12,19H,2,13-16H2,1H3,(H,22,27). The van der Waals surface area contributed by atoms with Gasteiger partial charge in [0, 0.05) is 56.9 Å². The number of carbonyl (C=O) groups is 1. The highest BCUT2D eigenvalue weighted by molar-refractivity contribution is 5.92. The maximum atomic E-state index is 12.6. The predicted molar refractivity (Wildman–Crippen MR) is 104 cm³/mol. The zero-order valence-electron chi connectivity index (χ0n) is 15.6. The van der Waals surface area contributed by atoms with Gasteiger partial charge in [-0.3, -0.25) is 14.4 Å². The Kier molecular flexibility index (Phi) is 5.07. The summed E-state index contributed by atoms with van der Waals surface area (Å²) in [6.45, 7) is 5.92. The predicted octanol–water partition coefficient (Wildman–Crippen LogP) is 2.52. The molecule has 0 spiro atoms. The van der Waals surface area contributed by atoms with Crippen LogP contribution in [0.25, 0.3) is 0 Å². The second-order valence-corrected chi connectivity index (χ2v) is 6.94. The zero-order valence-corrected chi connectivity index (χ0v) is 15.6. The van der Waals surface area contributed by atoms with Gasteiger partial charge in [-0.05, 0) is 30.7 Å². The van der Waals surface area contributed by atoms with Crippen LogP contribution in [0.5, 0.6) is 0 Å². The zero-order chi connectivity index (χ0) is 18.6. The summed E-state index contributed by atoms with van der Waals surface area (Å²) in [6, 6.07) is 16.8. The van der Waals surface area contributed by atoms with E-state index in [0.29, 0.717) is 18.8 Å². The Labute approximate surface area is 159 Å². The molecule has 3 heterocycles. The van der Waals surface area contributed by atoms with E-state index in [2.05, 4.69) is 62.5 Å². The summed E-state index contributed by atoms with van der Waals surface area (Å²) in [6.07, 6.45) is 3.79. The lowest BCUT2D eigenvalue weighted by molar-refractivity contribution is 0.0888. The van der Waals surface area contributed by atoms with Crippen molar-refractivity contribution >= 4 is 5.91 Å². The Morgan fingerprint density at radius 3 is 2.85 bits per heavy atom. The number of nitrogens with zero attached hydrogens (tertiary/aromatic N) is 4. The Morgan fingerprint density at radius 2 is 2.04 bits per heavy atom. The maximum absolute atomic E-state index is 12.6. The molecule has 1 unspecified atom stereocenters. The summed E-state index contributed by atoms with van der Waals surface area (Å²) >= 11 is 0. The van der Waals surface area contributed by atoms with Crippen LogP contribution in [-0.2, 0) is 26.2 Å². The largest absolute Gasteiger partial charge is 0.349 e. The topological polar surface area (TPSA) is 55.1 Å². The molecule has 6 nitrogen and oxygen atoms in total. The molecule has 140 valence electrons. The minimum absolute atomic E-state index is 0.0627. The van der Waals surface area contributed by atoms with E-state index in [-0.39, 0.29) is 11.9 Å². The van der Waals surface area contributed by atoms with Crippen LogP contribution in [0.15, 0.2) is 60.9 Å². The highest BCUT2D eigenvalue weighted by atomic mass is 16.2. The number of benzene rings is 1. The molecule has 0 saturated heterocycles. The number of aryl methyl sites for hydroxylation is 1. The second kappa shape index (κ2) is 7.80. The van der Waals surface area contributed by atoms with Crippen molar-refractivity contribution in [2.45, 2.75) is 39.1 Å². The van der Waals surface area contributed by atoms with Crippen molar-refractivity contribution in [1.82, 2.24) is 24.6 Å². The third-order valence-corrected chi connectivity index (χ3v) is 5.19. The molecule has 6 heteroatoms. The van der Waals surface area contributed by atoms with E-state index in [9.17, 15) is 4.79 Å². The first-order valence-corrected chi connectivity index (χ1v) is 9.46. The van der Waals surface area contributed by atoms with Gasteiger partial charge in [-0.1, -0.05) is 30.3 Å². The molecule has 0 aliphatic carbocycles. The number of nitrogens with one attached hydrogen (secondary N) is 1. The van der Waals surface area contributed by atoms with Crippen molar-refractivity contribution in [3.8, 4) is 0 Å². The molecule has 1 atom stereocenters. The van der Waals surface area contributed by atoms with Crippen molar-refractivity contribution in [3.05, 3.63) is 77.9 Å². The highest BCUT2D eigenvalue weighted by Gasteiger charge is 2.26. The van der Waals surface area contributed by atoms with Crippen LogP contribution in [0.3, 0.4) is 0 Å². The SMILES string of the molecule is CCn1nccc1C(=O)NCC1Cn2cccc2CN1Cc1ccccc1. The third-order valence-electron chi connectivity index (χ3n) is 5.19. The fourth-order valence-corrected chi connectivity index (χ4v) is 3.73. The monoisotopic (exact) mass is 363 g/mol. The third kappa shape index (κ3) is 3.80. The van der Waals surface area contributed by atoms with Crippen molar-refractivity contribution < 1.29 is 4.79 Å². The van der Waals surface area contributed by atoms with Crippen molar-refractivity contribution in [2.24, 2.45) is 0 Å². The van der Waals surface area contributed by atoms with E-state index in [1.54, 1.807) is 16.9 Å². The summed E-state index contributed by atoms with van der Waals surface area (Å²) in [7, 11) is 0. The molecule has 1 amide bonds. The minimum Gasteiger partial charge on any atom is -0.349 e. The van der Waals surface area contributed by atoms with Crippen molar-refractivity contribution in [3.63, 3.8) is 0 Å². The van der Waals surface area contributed by atoms with Gasteiger partial charge in [-0.2, -0.15) is 5.10 Å². The van der Waals surface area contributed by atoms with Crippen LogP contribution in [0.4, 0.5) is 0 Å². The Balaban J connectivity index is 1.47. The molecular weight excluding hydrogens is 338 g/mol. The summed E-state index contributed by atoms with van der Waals surface area (Å²) in [5, 5.41) is 7.30. The first kappa shape index (κ1) is 17.5. The summed E-state index contributed by atoms with van der Waals surface area (Å²) < 4.78 is 4.01. The lowest BCUT2D eigenvalue weighted by Gasteiger charge is -2.37. The number of hydrogen-bond acceptors (Lipinski definition) is 3. The Morgan fingerprint density at radius 1 is 1.19 bits per heavy atom. The van der Waals surface area contributed by atoms with Gasteiger partial charge in [0.2, 0.25) is 0 Å². The molecule has 27 heavy (non-hydrogen) atoms. The van der Waals surface area contributed by atoms with Gasteiger partial charge in [0.15, 0.2) is 0 Å². The number of fused-ring (bicyclic) bond motifs is 1.